The Morgan fingerprint density at radius 1 is 1.09 bits per heavy atom. The van der Waals surface area contributed by atoms with Crippen molar-refractivity contribution in [2.24, 2.45) is 0 Å². The van der Waals surface area contributed by atoms with Crippen molar-refractivity contribution in [2.75, 3.05) is 0 Å². The zero-order valence-electron chi connectivity index (χ0n) is 18.2. The summed E-state index contributed by atoms with van der Waals surface area (Å²) in [6, 6.07) is 16.5. The molecule has 2 heterocycles. The van der Waals surface area contributed by atoms with Gasteiger partial charge in [-0.25, -0.2) is 0 Å². The highest BCUT2D eigenvalue weighted by Gasteiger charge is 2.46. The molecular formula is C26H23ClN2O4. The van der Waals surface area contributed by atoms with Gasteiger partial charge in [0.2, 0.25) is 0 Å². The van der Waals surface area contributed by atoms with Crippen LogP contribution in [-0.4, -0.2) is 32.8 Å². The Balaban J connectivity index is 1.79. The van der Waals surface area contributed by atoms with Gasteiger partial charge in [0.1, 0.15) is 11.5 Å². The van der Waals surface area contributed by atoms with Gasteiger partial charge in [0.05, 0.1) is 17.7 Å². The summed E-state index contributed by atoms with van der Waals surface area (Å²) in [6.45, 7) is 4.01. The highest BCUT2D eigenvalue weighted by molar-refractivity contribution is 6.46. The van der Waals surface area contributed by atoms with E-state index in [2.05, 4.69) is 4.98 Å². The number of halogens is 1. The first-order valence-corrected chi connectivity index (χ1v) is 10.9. The summed E-state index contributed by atoms with van der Waals surface area (Å²) >= 11 is 6.06. The number of aromatic nitrogens is 1. The lowest BCUT2D eigenvalue weighted by Gasteiger charge is -2.25. The van der Waals surface area contributed by atoms with E-state index < -0.39 is 17.7 Å². The third-order valence-electron chi connectivity index (χ3n) is 5.30. The van der Waals surface area contributed by atoms with Gasteiger partial charge in [-0.3, -0.25) is 14.6 Å². The van der Waals surface area contributed by atoms with Crippen LogP contribution >= 0.6 is 11.6 Å². The Hall–Kier alpha value is -3.64. The van der Waals surface area contributed by atoms with E-state index in [1.165, 1.54) is 4.90 Å². The maximum absolute atomic E-state index is 13.1. The number of hydrogen-bond acceptors (Lipinski definition) is 5. The molecule has 1 N–H and O–H groups in total. The van der Waals surface area contributed by atoms with Crippen molar-refractivity contribution in [3.8, 4) is 5.75 Å². The minimum Gasteiger partial charge on any atom is -0.507 e. The largest absolute Gasteiger partial charge is 0.507 e. The molecule has 0 radical (unpaired) electrons. The summed E-state index contributed by atoms with van der Waals surface area (Å²) in [6.07, 6.45) is 3.29. The molecule has 1 fully saturated rings. The minimum absolute atomic E-state index is 0.00662. The number of aliphatic hydroxyl groups is 1. The number of rotatable bonds is 6. The van der Waals surface area contributed by atoms with E-state index in [9.17, 15) is 14.7 Å². The molecule has 33 heavy (non-hydrogen) atoms. The van der Waals surface area contributed by atoms with Gasteiger partial charge in [0, 0.05) is 29.5 Å². The Bertz CT molecular complexity index is 1190. The van der Waals surface area contributed by atoms with E-state index >= 15 is 0 Å². The van der Waals surface area contributed by atoms with Crippen LogP contribution < -0.4 is 4.74 Å². The fourth-order valence-corrected chi connectivity index (χ4v) is 3.97. The number of carbonyl (C=O) groups excluding carboxylic acids is 2. The number of carbonyl (C=O) groups is 2. The normalized spacial score (nSPS) is 17.6. The summed E-state index contributed by atoms with van der Waals surface area (Å²) in [5.74, 6) is -1.01. The van der Waals surface area contributed by atoms with Crippen LogP contribution in [0.25, 0.3) is 5.76 Å². The number of Topliss-reactive ketones (excluding diaryl/α,β-unsaturated/α-hetero) is 1. The van der Waals surface area contributed by atoms with Crippen molar-refractivity contribution in [1.82, 2.24) is 9.88 Å². The molecule has 7 heteroatoms. The van der Waals surface area contributed by atoms with Crippen LogP contribution in [0.15, 0.2) is 78.6 Å². The van der Waals surface area contributed by atoms with E-state index in [4.69, 9.17) is 16.3 Å². The van der Waals surface area contributed by atoms with E-state index in [1.807, 2.05) is 19.9 Å². The summed E-state index contributed by atoms with van der Waals surface area (Å²) < 4.78 is 5.65. The molecule has 3 aromatic rings. The molecule has 1 aromatic heterocycles. The second kappa shape index (κ2) is 9.46. The Labute approximate surface area is 197 Å². The maximum atomic E-state index is 13.1. The first-order valence-electron chi connectivity index (χ1n) is 10.5. The quantitative estimate of drug-likeness (QED) is 0.311. The van der Waals surface area contributed by atoms with Crippen molar-refractivity contribution >= 4 is 29.1 Å². The first-order chi connectivity index (χ1) is 15.8. The maximum Gasteiger partial charge on any atom is 0.295 e. The number of nitrogens with zero attached hydrogens (tertiary/aromatic N) is 2. The molecule has 1 atom stereocenters. The third kappa shape index (κ3) is 4.76. The van der Waals surface area contributed by atoms with Crippen molar-refractivity contribution in [2.45, 2.75) is 32.5 Å². The van der Waals surface area contributed by atoms with E-state index in [-0.39, 0.29) is 24.0 Å². The fourth-order valence-electron chi connectivity index (χ4n) is 3.84. The number of hydrogen-bond donors (Lipinski definition) is 1. The van der Waals surface area contributed by atoms with Gasteiger partial charge < -0.3 is 14.7 Å². The predicted molar refractivity (Wildman–Crippen MR) is 126 cm³/mol. The van der Waals surface area contributed by atoms with Crippen molar-refractivity contribution in [3.63, 3.8) is 0 Å². The van der Waals surface area contributed by atoms with Crippen molar-refractivity contribution < 1.29 is 19.4 Å². The number of benzene rings is 2. The van der Waals surface area contributed by atoms with Crippen molar-refractivity contribution in [1.29, 1.82) is 0 Å². The summed E-state index contributed by atoms with van der Waals surface area (Å²) in [5, 5.41) is 11.7. The smallest absolute Gasteiger partial charge is 0.295 e. The van der Waals surface area contributed by atoms with Gasteiger partial charge in [0.25, 0.3) is 11.7 Å². The molecule has 0 bridgehead atoms. The molecule has 0 aliphatic carbocycles. The van der Waals surface area contributed by atoms with Crippen molar-refractivity contribution in [3.05, 3.63) is 100 Å². The molecule has 1 amide bonds. The van der Waals surface area contributed by atoms with E-state index in [1.54, 1.807) is 67.0 Å². The highest BCUT2D eigenvalue weighted by Crippen LogP contribution is 2.40. The van der Waals surface area contributed by atoms with Crippen LogP contribution in [0, 0.1) is 0 Å². The number of amides is 1. The summed E-state index contributed by atoms with van der Waals surface area (Å²) in [4.78, 5) is 31.7. The lowest BCUT2D eigenvalue weighted by molar-refractivity contribution is -0.140. The van der Waals surface area contributed by atoms with Crippen LogP contribution in [0.2, 0.25) is 5.02 Å². The molecule has 0 spiro atoms. The molecule has 168 valence electrons. The van der Waals surface area contributed by atoms with Gasteiger partial charge in [-0.05, 0) is 67.4 Å². The number of aliphatic hydroxyl groups excluding tert-OH is 1. The number of pyridine rings is 1. The van der Waals surface area contributed by atoms with Crippen LogP contribution in [0.4, 0.5) is 0 Å². The van der Waals surface area contributed by atoms with Gasteiger partial charge in [-0.1, -0.05) is 29.8 Å². The van der Waals surface area contributed by atoms with Crippen LogP contribution in [0.1, 0.15) is 36.6 Å². The number of likely N-dealkylation sites (tertiary alicyclic amines) is 1. The monoisotopic (exact) mass is 462 g/mol. The van der Waals surface area contributed by atoms with E-state index in [0.717, 1.165) is 5.56 Å². The molecular weight excluding hydrogens is 440 g/mol. The SMILES string of the molecule is CC(C)Oc1ccc(/C(O)=C2\C(=O)C(=O)N(Cc3cccnc3)C2c2ccc(Cl)cc2)cc1. The van der Waals surface area contributed by atoms with Gasteiger partial charge in [-0.15, -0.1) is 0 Å². The second-order valence-electron chi connectivity index (χ2n) is 8.03. The Kier molecular flexibility index (Phi) is 6.47. The van der Waals surface area contributed by atoms with Crippen LogP contribution in [-0.2, 0) is 16.1 Å². The molecule has 0 saturated carbocycles. The number of ketones is 1. The average molecular weight is 463 g/mol. The molecule has 2 aromatic carbocycles. The zero-order chi connectivity index (χ0) is 23.5. The molecule has 4 rings (SSSR count). The average Bonchev–Trinajstić information content (AvgIpc) is 3.05. The van der Waals surface area contributed by atoms with Gasteiger partial charge >= 0.3 is 0 Å². The molecule has 1 aliphatic heterocycles. The molecule has 1 saturated heterocycles. The highest BCUT2D eigenvalue weighted by atomic mass is 35.5. The molecule has 1 aliphatic rings. The van der Waals surface area contributed by atoms with Crippen LogP contribution in [0.3, 0.4) is 0 Å². The number of ether oxygens (including phenoxy) is 1. The zero-order valence-corrected chi connectivity index (χ0v) is 19.0. The Morgan fingerprint density at radius 2 is 1.79 bits per heavy atom. The van der Waals surface area contributed by atoms with Crippen LogP contribution in [0.5, 0.6) is 5.75 Å². The van der Waals surface area contributed by atoms with Gasteiger partial charge in [0.15, 0.2) is 0 Å². The predicted octanol–water partition coefficient (Wildman–Crippen LogP) is 5.14. The summed E-state index contributed by atoms with van der Waals surface area (Å²) in [5.41, 5.74) is 1.89. The van der Waals surface area contributed by atoms with Gasteiger partial charge in [-0.2, -0.15) is 0 Å². The first kappa shape index (κ1) is 22.6. The topological polar surface area (TPSA) is 79.7 Å². The molecule has 6 nitrogen and oxygen atoms in total. The molecule has 1 unspecified atom stereocenters. The summed E-state index contributed by atoms with van der Waals surface area (Å²) in [7, 11) is 0. The lowest BCUT2D eigenvalue weighted by atomic mass is 9.95. The standard InChI is InChI=1S/C26H23ClN2O4/c1-16(2)33-21-11-7-19(8-12-21)24(30)22-23(18-5-9-20(27)10-6-18)29(26(32)25(22)31)15-17-4-3-13-28-14-17/h3-14,16,23,30H,15H2,1-2H3/b24-22+. The Morgan fingerprint density at radius 3 is 2.39 bits per heavy atom. The third-order valence-corrected chi connectivity index (χ3v) is 5.55. The van der Waals surface area contributed by atoms with E-state index in [0.29, 0.717) is 21.9 Å². The lowest BCUT2D eigenvalue weighted by Crippen LogP contribution is -2.29. The fraction of sp³-hybridized carbons (Fsp3) is 0.192. The second-order valence-corrected chi connectivity index (χ2v) is 8.47. The minimum atomic E-state index is -0.769.